The largest absolute Gasteiger partial charge is 0.385 e. The molecule has 0 N–H and O–H groups in total. The molecule has 0 heterocycles. The van der Waals surface area contributed by atoms with Crippen molar-refractivity contribution in [1.82, 2.24) is 4.90 Å². The number of hydrogen-bond acceptors (Lipinski definition) is 3. The van der Waals surface area contributed by atoms with Gasteiger partial charge in [0.05, 0.1) is 6.61 Å². The van der Waals surface area contributed by atoms with Crippen molar-refractivity contribution in [2.24, 2.45) is 0 Å². The van der Waals surface area contributed by atoms with E-state index in [1.54, 1.807) is 26.0 Å². The highest BCUT2D eigenvalue weighted by molar-refractivity contribution is 6.30. The molecule has 0 aromatic rings. The second-order valence-electron chi connectivity index (χ2n) is 3.28. The summed E-state index contributed by atoms with van der Waals surface area (Å²) in [6.07, 6.45) is 0.815. The lowest BCUT2D eigenvalue weighted by molar-refractivity contribution is -0.131. The molecule has 0 saturated carbocycles. The molecule has 4 nitrogen and oxygen atoms in total. The zero-order chi connectivity index (χ0) is 11.7. The Labute approximate surface area is 96.5 Å². The number of rotatable bonds is 8. The first-order valence-corrected chi connectivity index (χ1v) is 5.47. The number of amides is 1. The van der Waals surface area contributed by atoms with E-state index in [9.17, 15) is 4.79 Å². The minimum atomic E-state index is -0.482. The van der Waals surface area contributed by atoms with Crippen molar-refractivity contribution in [2.45, 2.75) is 18.7 Å². The van der Waals surface area contributed by atoms with Crippen LogP contribution < -0.4 is 0 Å². The van der Waals surface area contributed by atoms with E-state index >= 15 is 0 Å². The normalized spacial score (nSPS) is 12.5. The van der Waals surface area contributed by atoms with Crippen LogP contribution in [0.4, 0.5) is 0 Å². The first kappa shape index (κ1) is 14.7. The van der Waals surface area contributed by atoms with Crippen LogP contribution in [0.2, 0.25) is 0 Å². The Hall–Kier alpha value is -0.320. The standard InChI is InChI=1S/C10H20ClNO3/c1-9(11)10(13)12(6-8-15-3)5-4-7-14-2/h9H,4-8H2,1-3H3. The summed E-state index contributed by atoms with van der Waals surface area (Å²) in [4.78, 5) is 13.3. The smallest absolute Gasteiger partial charge is 0.240 e. The molecule has 1 unspecified atom stereocenters. The molecule has 0 aliphatic carbocycles. The number of ether oxygens (including phenoxy) is 2. The lowest BCUT2D eigenvalue weighted by Crippen LogP contribution is -2.39. The molecule has 90 valence electrons. The highest BCUT2D eigenvalue weighted by atomic mass is 35.5. The molecule has 0 spiro atoms. The van der Waals surface area contributed by atoms with E-state index in [1.807, 2.05) is 0 Å². The molecule has 0 radical (unpaired) electrons. The molecule has 0 rings (SSSR count). The minimum Gasteiger partial charge on any atom is -0.385 e. The van der Waals surface area contributed by atoms with Crippen molar-refractivity contribution in [3.8, 4) is 0 Å². The molecule has 0 aromatic heterocycles. The molecule has 0 fully saturated rings. The molecule has 0 saturated heterocycles. The van der Waals surface area contributed by atoms with Gasteiger partial charge >= 0.3 is 0 Å². The first-order valence-electron chi connectivity index (χ1n) is 5.04. The van der Waals surface area contributed by atoms with Gasteiger partial charge in [-0.2, -0.15) is 0 Å². The van der Waals surface area contributed by atoms with Gasteiger partial charge in [-0.15, -0.1) is 11.6 Å². The summed E-state index contributed by atoms with van der Waals surface area (Å²) in [6, 6.07) is 0. The lowest BCUT2D eigenvalue weighted by Gasteiger charge is -2.23. The third-order valence-electron chi connectivity index (χ3n) is 1.99. The van der Waals surface area contributed by atoms with Crippen LogP contribution in [-0.2, 0) is 14.3 Å². The van der Waals surface area contributed by atoms with Gasteiger partial charge < -0.3 is 14.4 Å². The maximum absolute atomic E-state index is 11.6. The molecule has 0 aliphatic rings. The Balaban J connectivity index is 3.99. The SMILES string of the molecule is COCCCN(CCOC)C(=O)C(C)Cl. The number of nitrogens with zero attached hydrogens (tertiary/aromatic N) is 1. The van der Waals surface area contributed by atoms with Crippen molar-refractivity contribution < 1.29 is 14.3 Å². The maximum Gasteiger partial charge on any atom is 0.240 e. The third kappa shape index (κ3) is 6.71. The van der Waals surface area contributed by atoms with Crippen LogP contribution in [0, 0.1) is 0 Å². The molecule has 0 bridgehead atoms. The first-order chi connectivity index (χ1) is 7.13. The Morgan fingerprint density at radius 1 is 1.27 bits per heavy atom. The molecule has 15 heavy (non-hydrogen) atoms. The fourth-order valence-corrected chi connectivity index (χ4v) is 1.32. The zero-order valence-corrected chi connectivity index (χ0v) is 10.4. The number of carbonyl (C=O) groups excluding carboxylic acids is 1. The Morgan fingerprint density at radius 3 is 2.33 bits per heavy atom. The molecule has 0 aromatic carbocycles. The van der Waals surface area contributed by atoms with Crippen molar-refractivity contribution in [2.75, 3.05) is 40.5 Å². The van der Waals surface area contributed by atoms with Crippen LogP contribution in [0.3, 0.4) is 0 Å². The highest BCUT2D eigenvalue weighted by Gasteiger charge is 2.17. The topological polar surface area (TPSA) is 38.8 Å². The Bertz CT molecular complexity index is 176. The van der Waals surface area contributed by atoms with Crippen molar-refractivity contribution in [1.29, 1.82) is 0 Å². The van der Waals surface area contributed by atoms with Crippen molar-refractivity contribution in [3.05, 3.63) is 0 Å². The number of halogens is 1. The Kier molecular flexibility index (Phi) is 8.76. The Morgan fingerprint density at radius 2 is 1.87 bits per heavy atom. The van der Waals surface area contributed by atoms with Gasteiger partial charge in [0, 0.05) is 33.9 Å². The summed E-state index contributed by atoms with van der Waals surface area (Å²) in [5, 5.41) is -0.482. The quantitative estimate of drug-likeness (QED) is 0.469. The summed E-state index contributed by atoms with van der Waals surface area (Å²) in [7, 11) is 3.26. The van der Waals surface area contributed by atoms with Crippen molar-refractivity contribution >= 4 is 17.5 Å². The van der Waals surface area contributed by atoms with Gasteiger partial charge in [-0.25, -0.2) is 0 Å². The van der Waals surface area contributed by atoms with Crippen LogP contribution in [0.1, 0.15) is 13.3 Å². The van der Waals surface area contributed by atoms with Gasteiger partial charge in [-0.3, -0.25) is 4.79 Å². The maximum atomic E-state index is 11.6. The molecular formula is C10H20ClNO3. The molecule has 5 heteroatoms. The number of methoxy groups -OCH3 is 2. The van der Waals surface area contributed by atoms with E-state index < -0.39 is 5.38 Å². The van der Waals surface area contributed by atoms with Crippen LogP contribution >= 0.6 is 11.6 Å². The van der Waals surface area contributed by atoms with Crippen LogP contribution in [0.25, 0.3) is 0 Å². The second kappa shape index (κ2) is 8.95. The monoisotopic (exact) mass is 237 g/mol. The van der Waals surface area contributed by atoms with E-state index in [0.29, 0.717) is 26.3 Å². The number of alkyl halides is 1. The molecule has 1 atom stereocenters. The van der Waals surface area contributed by atoms with E-state index in [2.05, 4.69) is 0 Å². The van der Waals surface area contributed by atoms with Gasteiger partial charge in [0.15, 0.2) is 0 Å². The van der Waals surface area contributed by atoms with Crippen LogP contribution in [0.5, 0.6) is 0 Å². The fraction of sp³-hybridized carbons (Fsp3) is 0.900. The summed E-state index contributed by atoms with van der Waals surface area (Å²) in [5.41, 5.74) is 0. The second-order valence-corrected chi connectivity index (χ2v) is 3.94. The predicted molar refractivity (Wildman–Crippen MR) is 60.3 cm³/mol. The summed E-state index contributed by atoms with van der Waals surface area (Å²) < 4.78 is 9.88. The summed E-state index contributed by atoms with van der Waals surface area (Å²) in [6.45, 7) is 4.10. The number of carbonyl (C=O) groups is 1. The van der Waals surface area contributed by atoms with Gasteiger partial charge in [0.2, 0.25) is 5.91 Å². The van der Waals surface area contributed by atoms with Gasteiger partial charge in [-0.05, 0) is 13.3 Å². The van der Waals surface area contributed by atoms with E-state index in [0.717, 1.165) is 6.42 Å². The van der Waals surface area contributed by atoms with Crippen LogP contribution in [0.15, 0.2) is 0 Å². The van der Waals surface area contributed by atoms with Gasteiger partial charge in [0.1, 0.15) is 5.38 Å². The summed E-state index contributed by atoms with van der Waals surface area (Å²) >= 11 is 5.75. The average Bonchev–Trinajstić information content (AvgIpc) is 2.22. The average molecular weight is 238 g/mol. The van der Waals surface area contributed by atoms with Crippen molar-refractivity contribution in [3.63, 3.8) is 0 Å². The molecular weight excluding hydrogens is 218 g/mol. The minimum absolute atomic E-state index is 0.0511. The summed E-state index contributed by atoms with van der Waals surface area (Å²) in [5.74, 6) is -0.0511. The third-order valence-corrected chi connectivity index (χ3v) is 2.18. The lowest BCUT2D eigenvalue weighted by atomic mass is 10.3. The molecule has 1 amide bonds. The predicted octanol–water partition coefficient (Wildman–Crippen LogP) is 1.13. The fourth-order valence-electron chi connectivity index (χ4n) is 1.18. The highest BCUT2D eigenvalue weighted by Crippen LogP contribution is 2.02. The van der Waals surface area contributed by atoms with E-state index in [-0.39, 0.29) is 5.91 Å². The van der Waals surface area contributed by atoms with Crippen LogP contribution in [-0.4, -0.2) is 56.7 Å². The molecule has 0 aliphatic heterocycles. The van der Waals surface area contributed by atoms with E-state index in [1.165, 1.54) is 0 Å². The number of hydrogen-bond donors (Lipinski definition) is 0. The van der Waals surface area contributed by atoms with Gasteiger partial charge in [-0.1, -0.05) is 0 Å². The van der Waals surface area contributed by atoms with Gasteiger partial charge in [0.25, 0.3) is 0 Å². The zero-order valence-electron chi connectivity index (χ0n) is 9.66. The van der Waals surface area contributed by atoms with E-state index in [4.69, 9.17) is 21.1 Å².